The Kier molecular flexibility index (Phi) is 3.45. The van der Waals surface area contributed by atoms with Gasteiger partial charge in [0.2, 0.25) is 0 Å². The van der Waals surface area contributed by atoms with E-state index in [1.165, 1.54) is 27.1 Å². The van der Waals surface area contributed by atoms with Gasteiger partial charge in [-0.1, -0.05) is 36.4 Å². The van der Waals surface area contributed by atoms with E-state index in [1.54, 1.807) is 7.11 Å². The molecule has 1 aliphatic rings. The fraction of sp³-hybridized carbons (Fsp3) is 0.130. The minimum atomic E-state index is 0.547. The molecule has 0 N–H and O–H groups in total. The quantitative estimate of drug-likeness (QED) is 0.458. The van der Waals surface area contributed by atoms with E-state index in [2.05, 4.69) is 65.6 Å². The first-order chi connectivity index (χ1) is 12.8. The first kappa shape index (κ1) is 15.1. The van der Waals surface area contributed by atoms with E-state index in [0.29, 0.717) is 6.73 Å². The number of fused-ring (bicyclic) bond motifs is 4. The molecule has 1 heterocycles. The van der Waals surface area contributed by atoms with Crippen molar-refractivity contribution in [3.05, 3.63) is 78.4 Å². The maximum absolute atomic E-state index is 6.20. The van der Waals surface area contributed by atoms with E-state index in [4.69, 9.17) is 9.47 Å². The van der Waals surface area contributed by atoms with Crippen LogP contribution in [0, 0.1) is 0 Å². The van der Waals surface area contributed by atoms with Crippen molar-refractivity contribution in [1.29, 1.82) is 0 Å². The number of hydrogen-bond acceptors (Lipinski definition) is 3. The Labute approximate surface area is 152 Å². The minimum Gasteiger partial charge on any atom is -0.497 e. The number of hydrogen-bond donors (Lipinski definition) is 0. The molecule has 0 aromatic heterocycles. The van der Waals surface area contributed by atoms with Crippen LogP contribution in [0.1, 0.15) is 5.56 Å². The highest BCUT2D eigenvalue weighted by Gasteiger charge is 2.20. The molecule has 1 aliphatic heterocycles. The number of nitrogens with zero attached hydrogens (tertiary/aromatic N) is 1. The molecular weight excluding hydrogens is 322 g/mol. The summed E-state index contributed by atoms with van der Waals surface area (Å²) in [4.78, 5) is 2.23. The topological polar surface area (TPSA) is 21.7 Å². The van der Waals surface area contributed by atoms with Crippen LogP contribution in [0.3, 0.4) is 0 Å². The summed E-state index contributed by atoms with van der Waals surface area (Å²) in [5.74, 6) is 1.88. The third-order valence-corrected chi connectivity index (χ3v) is 5.08. The average Bonchev–Trinajstić information content (AvgIpc) is 2.72. The highest BCUT2D eigenvalue weighted by molar-refractivity contribution is 6.01. The highest BCUT2D eigenvalue weighted by Crippen LogP contribution is 2.37. The van der Waals surface area contributed by atoms with E-state index in [0.717, 1.165) is 23.7 Å². The largest absolute Gasteiger partial charge is 0.497 e. The van der Waals surface area contributed by atoms with Crippen molar-refractivity contribution in [2.24, 2.45) is 0 Å². The van der Waals surface area contributed by atoms with Gasteiger partial charge in [0.15, 0.2) is 6.73 Å². The summed E-state index contributed by atoms with van der Waals surface area (Å²) in [5.41, 5.74) is 2.35. The van der Waals surface area contributed by atoms with E-state index in [-0.39, 0.29) is 0 Å². The van der Waals surface area contributed by atoms with Crippen LogP contribution in [-0.2, 0) is 6.54 Å². The number of benzene rings is 4. The Morgan fingerprint density at radius 2 is 1.62 bits per heavy atom. The van der Waals surface area contributed by atoms with Gasteiger partial charge in [0, 0.05) is 23.2 Å². The van der Waals surface area contributed by atoms with Gasteiger partial charge < -0.3 is 14.4 Å². The summed E-state index contributed by atoms with van der Waals surface area (Å²) < 4.78 is 11.5. The highest BCUT2D eigenvalue weighted by atomic mass is 16.5. The molecule has 3 heteroatoms. The summed E-state index contributed by atoms with van der Waals surface area (Å²) in [6.45, 7) is 1.38. The van der Waals surface area contributed by atoms with Gasteiger partial charge in [-0.3, -0.25) is 0 Å². The second kappa shape index (κ2) is 5.95. The molecule has 4 aromatic carbocycles. The maximum atomic E-state index is 6.20. The minimum absolute atomic E-state index is 0.547. The average molecular weight is 341 g/mol. The molecular formula is C23H19NO2. The Balaban J connectivity index is 1.55. The van der Waals surface area contributed by atoms with E-state index >= 15 is 0 Å². The van der Waals surface area contributed by atoms with Gasteiger partial charge in [0.1, 0.15) is 11.5 Å². The first-order valence-corrected chi connectivity index (χ1v) is 8.78. The molecule has 0 saturated carbocycles. The lowest BCUT2D eigenvalue weighted by Gasteiger charge is -2.31. The molecule has 26 heavy (non-hydrogen) atoms. The van der Waals surface area contributed by atoms with Gasteiger partial charge >= 0.3 is 0 Å². The molecule has 0 atom stereocenters. The molecule has 0 fully saturated rings. The molecule has 0 bridgehead atoms. The van der Waals surface area contributed by atoms with Gasteiger partial charge in [-0.25, -0.2) is 0 Å². The fourth-order valence-corrected chi connectivity index (χ4v) is 3.68. The smallest absolute Gasteiger partial charge is 0.161 e. The summed E-state index contributed by atoms with van der Waals surface area (Å²) in [6.07, 6.45) is 0. The Morgan fingerprint density at radius 3 is 2.38 bits per heavy atom. The number of rotatable bonds is 2. The molecule has 4 aromatic rings. The van der Waals surface area contributed by atoms with Crippen molar-refractivity contribution >= 4 is 27.2 Å². The molecule has 128 valence electrons. The van der Waals surface area contributed by atoms with Gasteiger partial charge in [0.05, 0.1) is 7.11 Å². The summed E-state index contributed by atoms with van der Waals surface area (Å²) in [7, 11) is 1.68. The Morgan fingerprint density at radius 1 is 0.846 bits per heavy atom. The molecule has 0 spiro atoms. The lowest BCUT2D eigenvalue weighted by molar-refractivity contribution is 0.293. The monoisotopic (exact) mass is 341 g/mol. The third kappa shape index (κ3) is 2.44. The summed E-state index contributed by atoms with van der Waals surface area (Å²) >= 11 is 0. The van der Waals surface area contributed by atoms with Crippen LogP contribution >= 0.6 is 0 Å². The lowest BCUT2D eigenvalue weighted by Crippen LogP contribution is -2.31. The van der Waals surface area contributed by atoms with Crippen LogP contribution in [0.4, 0.5) is 5.69 Å². The van der Waals surface area contributed by atoms with Crippen molar-refractivity contribution in [3.63, 3.8) is 0 Å². The van der Waals surface area contributed by atoms with Crippen molar-refractivity contribution in [3.8, 4) is 11.5 Å². The van der Waals surface area contributed by atoms with Crippen LogP contribution < -0.4 is 14.4 Å². The normalized spacial score (nSPS) is 13.5. The lowest BCUT2D eigenvalue weighted by atomic mass is 9.99. The second-order valence-corrected chi connectivity index (χ2v) is 6.64. The predicted molar refractivity (Wildman–Crippen MR) is 106 cm³/mol. The van der Waals surface area contributed by atoms with Crippen molar-refractivity contribution in [2.75, 3.05) is 18.7 Å². The van der Waals surface area contributed by atoms with Crippen LogP contribution in [0.5, 0.6) is 11.5 Å². The van der Waals surface area contributed by atoms with E-state index in [1.807, 2.05) is 12.1 Å². The van der Waals surface area contributed by atoms with Crippen LogP contribution in [0.25, 0.3) is 21.5 Å². The van der Waals surface area contributed by atoms with Gasteiger partial charge in [-0.05, 0) is 52.6 Å². The molecule has 0 saturated heterocycles. The van der Waals surface area contributed by atoms with Crippen LogP contribution in [-0.4, -0.2) is 13.8 Å². The summed E-state index contributed by atoms with van der Waals surface area (Å²) in [6, 6.07) is 25.4. The van der Waals surface area contributed by atoms with Gasteiger partial charge in [-0.15, -0.1) is 0 Å². The number of methoxy groups -OCH3 is 1. The Hall–Kier alpha value is -3.20. The van der Waals surface area contributed by atoms with Crippen LogP contribution in [0.15, 0.2) is 72.8 Å². The number of anilines is 1. The number of ether oxygens (including phenoxy) is 2. The standard InChI is InChI=1S/C23H19NO2/c1-25-21-10-8-20(9-11-21)24-14-19-7-6-18-12-16-4-2-3-5-17(16)13-22(18)23(19)26-15-24/h2-13H,14-15H2,1H3. The zero-order valence-corrected chi connectivity index (χ0v) is 14.6. The molecule has 0 radical (unpaired) electrons. The molecule has 5 rings (SSSR count). The SMILES string of the molecule is COc1ccc(N2COc3c(ccc4cc5ccccc5cc34)C2)cc1. The fourth-order valence-electron chi connectivity index (χ4n) is 3.68. The molecule has 0 unspecified atom stereocenters. The van der Waals surface area contributed by atoms with Crippen molar-refractivity contribution in [1.82, 2.24) is 0 Å². The third-order valence-electron chi connectivity index (χ3n) is 5.08. The predicted octanol–water partition coefficient (Wildman–Crippen LogP) is 5.36. The van der Waals surface area contributed by atoms with Gasteiger partial charge in [-0.2, -0.15) is 0 Å². The summed E-state index contributed by atoms with van der Waals surface area (Å²) in [5, 5.41) is 4.92. The molecule has 3 nitrogen and oxygen atoms in total. The van der Waals surface area contributed by atoms with E-state index in [9.17, 15) is 0 Å². The maximum Gasteiger partial charge on any atom is 0.161 e. The van der Waals surface area contributed by atoms with Crippen molar-refractivity contribution < 1.29 is 9.47 Å². The Bertz CT molecular complexity index is 1100. The zero-order chi connectivity index (χ0) is 17.5. The molecule has 0 amide bonds. The van der Waals surface area contributed by atoms with Gasteiger partial charge in [0.25, 0.3) is 0 Å². The molecule has 0 aliphatic carbocycles. The second-order valence-electron chi connectivity index (χ2n) is 6.64. The first-order valence-electron chi connectivity index (χ1n) is 8.78. The van der Waals surface area contributed by atoms with Crippen molar-refractivity contribution in [2.45, 2.75) is 6.54 Å². The zero-order valence-electron chi connectivity index (χ0n) is 14.6. The van der Waals surface area contributed by atoms with E-state index < -0.39 is 0 Å². The van der Waals surface area contributed by atoms with Crippen LogP contribution in [0.2, 0.25) is 0 Å².